The fourth-order valence-corrected chi connectivity index (χ4v) is 0.956. The SMILES string of the molecule is C[C@H](CN)NCc1c[nH]ccc1=O. The molecule has 4 heteroatoms. The standard InChI is InChI=1S/C9H15N3O/c1-7(4-10)12-6-8-5-11-3-2-9(8)13/h2-3,5,7,12H,4,6,10H2,1H3,(H,11,13)/t7-/m1/s1. The number of hydrogen-bond acceptors (Lipinski definition) is 3. The van der Waals surface area contributed by atoms with Crippen LogP contribution < -0.4 is 16.5 Å². The zero-order valence-corrected chi connectivity index (χ0v) is 7.71. The van der Waals surface area contributed by atoms with E-state index >= 15 is 0 Å². The van der Waals surface area contributed by atoms with Gasteiger partial charge >= 0.3 is 0 Å². The first kappa shape index (κ1) is 9.95. The number of hydrogen-bond donors (Lipinski definition) is 3. The second kappa shape index (κ2) is 4.79. The minimum Gasteiger partial charge on any atom is -0.367 e. The van der Waals surface area contributed by atoms with Gasteiger partial charge in [0.2, 0.25) is 0 Å². The average molecular weight is 181 g/mol. The van der Waals surface area contributed by atoms with Gasteiger partial charge in [-0.15, -0.1) is 0 Å². The molecule has 1 aromatic rings. The van der Waals surface area contributed by atoms with Crippen molar-refractivity contribution >= 4 is 0 Å². The van der Waals surface area contributed by atoms with Crippen molar-refractivity contribution in [1.29, 1.82) is 0 Å². The van der Waals surface area contributed by atoms with E-state index in [1.54, 1.807) is 12.4 Å². The van der Waals surface area contributed by atoms with Crippen LogP contribution in [0.2, 0.25) is 0 Å². The molecule has 0 unspecified atom stereocenters. The third-order valence-corrected chi connectivity index (χ3v) is 1.90. The van der Waals surface area contributed by atoms with Gasteiger partial charge in [-0.1, -0.05) is 0 Å². The lowest BCUT2D eigenvalue weighted by Crippen LogP contribution is -2.33. The van der Waals surface area contributed by atoms with E-state index in [1.165, 1.54) is 6.07 Å². The molecule has 0 aliphatic rings. The van der Waals surface area contributed by atoms with E-state index < -0.39 is 0 Å². The minimum absolute atomic E-state index is 0.0514. The molecule has 1 aromatic heterocycles. The van der Waals surface area contributed by atoms with Crippen molar-refractivity contribution < 1.29 is 0 Å². The second-order valence-electron chi connectivity index (χ2n) is 3.05. The van der Waals surface area contributed by atoms with Crippen molar-refractivity contribution in [2.75, 3.05) is 6.54 Å². The van der Waals surface area contributed by atoms with E-state index in [1.807, 2.05) is 6.92 Å². The van der Waals surface area contributed by atoms with Crippen LogP contribution in [0.15, 0.2) is 23.3 Å². The predicted octanol–water partition coefficient (Wildman–Crippen LogP) is -0.188. The van der Waals surface area contributed by atoms with E-state index in [9.17, 15) is 4.79 Å². The summed E-state index contributed by atoms with van der Waals surface area (Å²) in [7, 11) is 0. The van der Waals surface area contributed by atoms with Gasteiger partial charge in [-0.05, 0) is 6.92 Å². The minimum atomic E-state index is 0.0514. The van der Waals surface area contributed by atoms with E-state index in [2.05, 4.69) is 10.3 Å². The van der Waals surface area contributed by atoms with Crippen molar-refractivity contribution in [2.24, 2.45) is 5.73 Å². The summed E-state index contributed by atoms with van der Waals surface area (Å²) in [5.74, 6) is 0. The number of rotatable bonds is 4. The smallest absolute Gasteiger partial charge is 0.186 e. The van der Waals surface area contributed by atoms with Crippen LogP contribution >= 0.6 is 0 Å². The lowest BCUT2D eigenvalue weighted by Gasteiger charge is -2.09. The molecule has 0 saturated carbocycles. The van der Waals surface area contributed by atoms with E-state index in [0.29, 0.717) is 13.1 Å². The summed E-state index contributed by atoms with van der Waals surface area (Å²) in [6.45, 7) is 3.12. The van der Waals surface area contributed by atoms with Crippen LogP contribution in [0.4, 0.5) is 0 Å². The molecule has 0 saturated heterocycles. The van der Waals surface area contributed by atoms with Crippen LogP contribution in [0.5, 0.6) is 0 Å². The molecule has 1 heterocycles. The summed E-state index contributed by atoms with van der Waals surface area (Å²) in [6.07, 6.45) is 3.33. The first-order valence-corrected chi connectivity index (χ1v) is 4.33. The molecule has 0 bridgehead atoms. The number of nitrogens with one attached hydrogen (secondary N) is 2. The molecule has 0 aliphatic carbocycles. The molecule has 4 N–H and O–H groups in total. The quantitative estimate of drug-likeness (QED) is 0.603. The van der Waals surface area contributed by atoms with Crippen LogP contribution in [-0.4, -0.2) is 17.6 Å². The van der Waals surface area contributed by atoms with Gasteiger partial charge in [0.05, 0.1) is 0 Å². The Balaban J connectivity index is 2.55. The van der Waals surface area contributed by atoms with E-state index in [-0.39, 0.29) is 11.5 Å². The maximum Gasteiger partial charge on any atom is 0.186 e. The summed E-state index contributed by atoms with van der Waals surface area (Å²) in [4.78, 5) is 14.1. The maximum atomic E-state index is 11.2. The summed E-state index contributed by atoms with van der Waals surface area (Å²) in [6, 6.07) is 1.75. The summed E-state index contributed by atoms with van der Waals surface area (Å²) in [5.41, 5.74) is 6.22. The number of aromatic amines is 1. The summed E-state index contributed by atoms with van der Waals surface area (Å²) in [5, 5.41) is 3.14. The first-order chi connectivity index (χ1) is 6.24. The zero-order valence-electron chi connectivity index (χ0n) is 7.71. The topological polar surface area (TPSA) is 70.9 Å². The van der Waals surface area contributed by atoms with Crippen molar-refractivity contribution in [3.8, 4) is 0 Å². The Morgan fingerprint density at radius 1 is 1.69 bits per heavy atom. The highest BCUT2D eigenvalue weighted by atomic mass is 16.1. The fraction of sp³-hybridized carbons (Fsp3) is 0.444. The first-order valence-electron chi connectivity index (χ1n) is 4.33. The third kappa shape index (κ3) is 3.01. The largest absolute Gasteiger partial charge is 0.367 e. The molecule has 0 aliphatic heterocycles. The van der Waals surface area contributed by atoms with Gasteiger partial charge in [0.25, 0.3) is 0 Å². The van der Waals surface area contributed by atoms with Gasteiger partial charge in [0.1, 0.15) is 0 Å². The van der Waals surface area contributed by atoms with Crippen LogP contribution in [0.3, 0.4) is 0 Å². The van der Waals surface area contributed by atoms with Gasteiger partial charge < -0.3 is 16.0 Å². The molecule has 13 heavy (non-hydrogen) atoms. The van der Waals surface area contributed by atoms with Gasteiger partial charge in [0.15, 0.2) is 5.43 Å². The van der Waals surface area contributed by atoms with Crippen LogP contribution in [0, 0.1) is 0 Å². The van der Waals surface area contributed by atoms with Crippen molar-refractivity contribution in [2.45, 2.75) is 19.5 Å². The Bertz CT molecular complexity index is 308. The highest BCUT2D eigenvalue weighted by molar-refractivity contribution is 5.08. The third-order valence-electron chi connectivity index (χ3n) is 1.90. The summed E-state index contributed by atoms with van der Waals surface area (Å²) >= 11 is 0. The molecule has 72 valence electrons. The predicted molar refractivity (Wildman–Crippen MR) is 52.4 cm³/mol. The highest BCUT2D eigenvalue weighted by Crippen LogP contribution is 1.88. The van der Waals surface area contributed by atoms with Gasteiger partial charge in [-0.2, -0.15) is 0 Å². The molecular weight excluding hydrogens is 166 g/mol. The lowest BCUT2D eigenvalue weighted by molar-refractivity contribution is 0.554. The molecular formula is C9H15N3O. The van der Waals surface area contributed by atoms with Crippen molar-refractivity contribution in [1.82, 2.24) is 10.3 Å². The molecule has 0 aromatic carbocycles. The molecule has 0 amide bonds. The molecule has 0 spiro atoms. The molecule has 4 nitrogen and oxygen atoms in total. The zero-order chi connectivity index (χ0) is 9.68. The maximum absolute atomic E-state index is 11.2. The van der Waals surface area contributed by atoms with Crippen molar-refractivity contribution in [3.63, 3.8) is 0 Å². The molecule has 1 rings (SSSR count). The van der Waals surface area contributed by atoms with Crippen LogP contribution in [0.25, 0.3) is 0 Å². The normalized spacial score (nSPS) is 12.8. The van der Waals surface area contributed by atoms with Crippen LogP contribution in [0.1, 0.15) is 12.5 Å². The molecule has 0 fully saturated rings. The van der Waals surface area contributed by atoms with Gasteiger partial charge in [-0.25, -0.2) is 0 Å². The molecule has 1 atom stereocenters. The number of aromatic nitrogens is 1. The van der Waals surface area contributed by atoms with Crippen molar-refractivity contribution in [3.05, 3.63) is 34.2 Å². The Labute approximate surface area is 77.2 Å². The Morgan fingerprint density at radius 3 is 3.08 bits per heavy atom. The number of H-pyrrole nitrogens is 1. The molecule has 0 radical (unpaired) electrons. The second-order valence-corrected chi connectivity index (χ2v) is 3.05. The number of nitrogens with two attached hydrogens (primary N) is 1. The number of pyridine rings is 1. The van der Waals surface area contributed by atoms with Gasteiger partial charge in [0, 0.05) is 43.2 Å². The van der Waals surface area contributed by atoms with Gasteiger partial charge in [-0.3, -0.25) is 4.79 Å². The van der Waals surface area contributed by atoms with E-state index in [4.69, 9.17) is 5.73 Å². The Hall–Kier alpha value is -1.13. The Morgan fingerprint density at radius 2 is 2.46 bits per heavy atom. The Kier molecular flexibility index (Phi) is 3.67. The monoisotopic (exact) mass is 181 g/mol. The van der Waals surface area contributed by atoms with E-state index in [0.717, 1.165) is 5.56 Å². The highest BCUT2D eigenvalue weighted by Gasteiger charge is 2.00. The fourth-order valence-electron chi connectivity index (χ4n) is 0.956. The average Bonchev–Trinajstić information content (AvgIpc) is 2.16. The summed E-state index contributed by atoms with van der Waals surface area (Å²) < 4.78 is 0. The lowest BCUT2D eigenvalue weighted by atomic mass is 10.2. The van der Waals surface area contributed by atoms with Crippen LogP contribution in [-0.2, 0) is 6.54 Å².